The Balaban J connectivity index is 1.46. The molecule has 0 radical (unpaired) electrons. The van der Waals surface area contributed by atoms with Crippen molar-refractivity contribution in [3.05, 3.63) is 71.1 Å². The van der Waals surface area contributed by atoms with Gasteiger partial charge in [-0.3, -0.25) is 4.79 Å². The summed E-state index contributed by atoms with van der Waals surface area (Å²) >= 11 is 0. The Morgan fingerprint density at radius 1 is 1.00 bits per heavy atom. The first-order chi connectivity index (χ1) is 18.6. The molecule has 4 heterocycles. The van der Waals surface area contributed by atoms with E-state index in [4.69, 9.17) is 19.7 Å². The molecule has 3 aromatic heterocycles. The van der Waals surface area contributed by atoms with Crippen LogP contribution in [-0.4, -0.2) is 55.2 Å². The third-order valence-electron chi connectivity index (χ3n) is 6.62. The Morgan fingerprint density at radius 3 is 2.38 bits per heavy atom. The van der Waals surface area contributed by atoms with Gasteiger partial charge in [0, 0.05) is 49.8 Å². The maximum atomic E-state index is 12.4. The number of rotatable bonds is 5. The van der Waals surface area contributed by atoms with Gasteiger partial charge in [-0.15, -0.1) is 0 Å². The minimum atomic E-state index is -0.515. The molecule has 39 heavy (non-hydrogen) atoms. The molecule has 9 heteroatoms. The predicted molar refractivity (Wildman–Crippen MR) is 150 cm³/mol. The van der Waals surface area contributed by atoms with Crippen LogP contribution in [-0.2, 0) is 4.74 Å². The SMILES string of the molecule is CC(C)n1nc(-c2c(-c3ccccc3)nn3ccc(OC4CCN(C(=O)OC(C)(C)C)CC4)cc23)ccc1=O. The van der Waals surface area contributed by atoms with Crippen molar-refractivity contribution in [2.75, 3.05) is 13.1 Å². The van der Waals surface area contributed by atoms with Gasteiger partial charge in [0.15, 0.2) is 0 Å². The molecule has 1 aliphatic heterocycles. The summed E-state index contributed by atoms with van der Waals surface area (Å²) in [6.07, 6.45) is 3.01. The molecule has 4 aromatic rings. The first kappa shape index (κ1) is 26.5. The van der Waals surface area contributed by atoms with Crippen LogP contribution in [0.25, 0.3) is 28.0 Å². The predicted octanol–water partition coefficient (Wildman–Crippen LogP) is 5.58. The number of piperidine rings is 1. The van der Waals surface area contributed by atoms with Crippen LogP contribution >= 0.6 is 0 Å². The monoisotopic (exact) mass is 529 g/mol. The van der Waals surface area contributed by atoms with Gasteiger partial charge in [0.2, 0.25) is 0 Å². The Hall–Kier alpha value is -4.14. The lowest BCUT2D eigenvalue weighted by Crippen LogP contribution is -2.44. The van der Waals surface area contributed by atoms with Crippen LogP contribution in [0.3, 0.4) is 0 Å². The molecule has 1 aliphatic rings. The van der Waals surface area contributed by atoms with Gasteiger partial charge in [0.1, 0.15) is 23.1 Å². The number of aromatic nitrogens is 4. The standard InChI is InChI=1S/C30H35N5O4/c1-20(2)35-26(36)12-11-24(31-35)27-25-19-23(15-18-34(25)32-28(27)21-9-7-6-8-10-21)38-22-13-16-33(17-14-22)29(37)39-30(3,4)5/h6-12,15,18-20,22H,13-14,16-17H2,1-5H3. The largest absolute Gasteiger partial charge is 0.490 e. The van der Waals surface area contributed by atoms with Crippen LogP contribution in [0.1, 0.15) is 53.5 Å². The van der Waals surface area contributed by atoms with Crippen molar-refractivity contribution in [2.24, 2.45) is 0 Å². The molecular formula is C30H35N5O4. The highest BCUT2D eigenvalue weighted by Crippen LogP contribution is 2.35. The van der Waals surface area contributed by atoms with Crippen molar-refractivity contribution in [3.8, 4) is 28.3 Å². The first-order valence-electron chi connectivity index (χ1n) is 13.4. The molecule has 0 N–H and O–H groups in total. The zero-order valence-electron chi connectivity index (χ0n) is 23.1. The lowest BCUT2D eigenvalue weighted by atomic mass is 10.0. The summed E-state index contributed by atoms with van der Waals surface area (Å²) in [7, 11) is 0. The summed E-state index contributed by atoms with van der Waals surface area (Å²) in [6, 6.07) is 17.1. The van der Waals surface area contributed by atoms with Gasteiger partial charge in [-0.2, -0.15) is 10.2 Å². The number of hydrogen-bond donors (Lipinski definition) is 0. The minimum absolute atomic E-state index is 0.0212. The maximum Gasteiger partial charge on any atom is 0.410 e. The average Bonchev–Trinajstić information content (AvgIpc) is 3.27. The summed E-state index contributed by atoms with van der Waals surface area (Å²) in [5.74, 6) is 0.719. The van der Waals surface area contributed by atoms with E-state index in [1.165, 1.54) is 4.68 Å². The molecule has 0 unspecified atom stereocenters. The van der Waals surface area contributed by atoms with Crippen LogP contribution in [0, 0.1) is 0 Å². The number of ether oxygens (including phenoxy) is 2. The van der Waals surface area contributed by atoms with Crippen LogP contribution in [0.15, 0.2) is 65.6 Å². The topological polar surface area (TPSA) is 91.0 Å². The molecule has 1 aromatic carbocycles. The molecule has 1 fully saturated rings. The quantitative estimate of drug-likeness (QED) is 0.335. The second-order valence-electron chi connectivity index (χ2n) is 11.2. The number of benzene rings is 1. The number of likely N-dealkylation sites (tertiary alicyclic amines) is 1. The minimum Gasteiger partial charge on any atom is -0.490 e. The zero-order chi connectivity index (χ0) is 27.7. The maximum absolute atomic E-state index is 12.4. The van der Waals surface area contributed by atoms with Crippen molar-refractivity contribution in [1.29, 1.82) is 0 Å². The van der Waals surface area contributed by atoms with Crippen molar-refractivity contribution >= 4 is 11.6 Å². The second-order valence-corrected chi connectivity index (χ2v) is 11.2. The normalized spacial score (nSPS) is 14.7. The summed E-state index contributed by atoms with van der Waals surface area (Å²) in [6.45, 7) is 10.7. The highest BCUT2D eigenvalue weighted by atomic mass is 16.6. The molecule has 0 atom stereocenters. The van der Waals surface area contributed by atoms with E-state index >= 15 is 0 Å². The van der Waals surface area contributed by atoms with Gasteiger partial charge >= 0.3 is 6.09 Å². The molecular weight excluding hydrogens is 494 g/mol. The number of carbonyl (C=O) groups is 1. The zero-order valence-corrected chi connectivity index (χ0v) is 23.1. The fourth-order valence-electron chi connectivity index (χ4n) is 4.75. The summed E-state index contributed by atoms with van der Waals surface area (Å²) in [5, 5.41) is 9.59. The summed E-state index contributed by atoms with van der Waals surface area (Å²) < 4.78 is 15.2. The van der Waals surface area contributed by atoms with E-state index in [9.17, 15) is 9.59 Å². The van der Waals surface area contributed by atoms with Gasteiger partial charge in [0.25, 0.3) is 5.56 Å². The number of carbonyl (C=O) groups excluding carboxylic acids is 1. The Labute approximate surface area is 228 Å². The number of amides is 1. The van der Waals surface area contributed by atoms with E-state index in [0.29, 0.717) is 31.6 Å². The smallest absolute Gasteiger partial charge is 0.410 e. The third kappa shape index (κ3) is 5.82. The van der Waals surface area contributed by atoms with Crippen LogP contribution in [0.5, 0.6) is 5.75 Å². The fraction of sp³-hybridized carbons (Fsp3) is 0.400. The number of nitrogens with zero attached hydrogens (tertiary/aromatic N) is 5. The third-order valence-corrected chi connectivity index (χ3v) is 6.62. The number of fused-ring (bicyclic) bond motifs is 1. The van der Waals surface area contributed by atoms with Crippen molar-refractivity contribution in [1.82, 2.24) is 24.3 Å². The molecule has 0 spiro atoms. The lowest BCUT2D eigenvalue weighted by Gasteiger charge is -2.33. The van der Waals surface area contributed by atoms with Gasteiger partial charge in [0.05, 0.1) is 22.8 Å². The van der Waals surface area contributed by atoms with E-state index in [1.54, 1.807) is 17.0 Å². The van der Waals surface area contributed by atoms with Crippen LogP contribution in [0.2, 0.25) is 0 Å². The molecule has 0 bridgehead atoms. The molecule has 1 saturated heterocycles. The Kier molecular flexibility index (Phi) is 7.16. The molecule has 9 nitrogen and oxygen atoms in total. The van der Waals surface area contributed by atoms with Gasteiger partial charge in [-0.1, -0.05) is 30.3 Å². The molecule has 5 rings (SSSR count). The van der Waals surface area contributed by atoms with Crippen molar-refractivity contribution in [3.63, 3.8) is 0 Å². The van der Waals surface area contributed by atoms with Gasteiger partial charge in [-0.05, 0) is 46.8 Å². The lowest BCUT2D eigenvalue weighted by molar-refractivity contribution is 0.0126. The Bertz CT molecular complexity index is 1530. The van der Waals surface area contributed by atoms with E-state index < -0.39 is 5.60 Å². The van der Waals surface area contributed by atoms with Gasteiger partial charge < -0.3 is 14.4 Å². The molecule has 204 valence electrons. The number of pyridine rings is 1. The van der Waals surface area contributed by atoms with Crippen molar-refractivity contribution in [2.45, 2.75) is 65.2 Å². The van der Waals surface area contributed by atoms with Crippen LogP contribution < -0.4 is 10.3 Å². The molecule has 0 aliphatic carbocycles. The first-order valence-corrected chi connectivity index (χ1v) is 13.4. The Morgan fingerprint density at radius 2 is 1.72 bits per heavy atom. The van der Waals surface area contributed by atoms with E-state index in [1.807, 2.05) is 87.8 Å². The fourth-order valence-corrected chi connectivity index (χ4v) is 4.75. The highest BCUT2D eigenvalue weighted by Gasteiger charge is 2.28. The van der Waals surface area contributed by atoms with Gasteiger partial charge in [-0.25, -0.2) is 14.0 Å². The summed E-state index contributed by atoms with van der Waals surface area (Å²) in [4.78, 5) is 26.6. The second kappa shape index (κ2) is 10.6. The van der Waals surface area contributed by atoms with E-state index in [-0.39, 0.29) is 23.8 Å². The number of hydrogen-bond acceptors (Lipinski definition) is 6. The van der Waals surface area contributed by atoms with Crippen LogP contribution in [0.4, 0.5) is 4.79 Å². The van der Waals surface area contributed by atoms with Crippen molar-refractivity contribution < 1.29 is 14.3 Å². The molecule has 0 saturated carbocycles. The van der Waals surface area contributed by atoms with E-state index in [0.717, 1.165) is 28.1 Å². The summed E-state index contributed by atoms with van der Waals surface area (Å²) in [5.41, 5.74) is 3.41. The molecule has 1 amide bonds. The average molecular weight is 530 g/mol. The van der Waals surface area contributed by atoms with E-state index in [2.05, 4.69) is 0 Å². The highest BCUT2D eigenvalue weighted by molar-refractivity contribution is 5.91.